The van der Waals surface area contributed by atoms with Gasteiger partial charge >= 0.3 is 0 Å². The summed E-state index contributed by atoms with van der Waals surface area (Å²) in [4.78, 5) is 13.5. The topological polar surface area (TPSA) is 307 Å². The molecule has 1 amide bonds. The van der Waals surface area contributed by atoms with E-state index in [1.807, 2.05) is 6.08 Å². The van der Waals surface area contributed by atoms with Crippen LogP contribution in [0.15, 0.2) is 122 Å². The maximum Gasteiger partial charge on any atom is 0.220 e. The fourth-order valence-corrected chi connectivity index (χ4v) is 12.8. The average molecular weight is 1460 g/mol. The van der Waals surface area contributed by atoms with Crippen molar-refractivity contribution in [2.75, 3.05) is 26.4 Å². The lowest BCUT2D eigenvalue weighted by Crippen LogP contribution is -2.66. The molecule has 0 aromatic rings. The minimum Gasteiger partial charge on any atom is -0.394 e. The van der Waals surface area contributed by atoms with Gasteiger partial charge in [0.2, 0.25) is 5.91 Å². The Hall–Kier alpha value is -3.81. The third kappa shape index (κ3) is 43.1. The molecule has 0 bridgehead atoms. The molecule has 0 aliphatic carbocycles. The molecule has 3 aliphatic heterocycles. The molecule has 17 atom stereocenters. The van der Waals surface area contributed by atoms with Crippen LogP contribution in [0.25, 0.3) is 0 Å². The van der Waals surface area contributed by atoms with E-state index in [-0.39, 0.29) is 18.9 Å². The van der Waals surface area contributed by atoms with Crippen LogP contribution in [0, 0.1) is 0 Å². The molecular formula is C84H143NO18. The standard InChI is InChI=1S/C84H143NO18/c1-3-5-7-9-11-13-15-17-19-21-23-24-25-26-27-28-29-30-31-32-33-34-35-36-37-38-39-40-41-42-44-46-48-50-52-54-56-58-60-62-72(90)85-67(68(89)61-59-57-55-53-51-49-47-45-43-22-20-18-16-14-12-10-8-6-4-2)66-98-82-78(96)75(93)80(70(64-87)100-82)103-84-79(97)76(94)81(71(65-88)101-84)102-83-77(95)74(92)73(91)69(63-86)99-83/h5,7,11,13,17,19,23-24,26-27,29-30,32-33,43,45,51,53,59,61,67-71,73-84,86-89,91-97H,3-4,6,8-10,12,14-16,18,20-22,25,28,31,34-42,44,46-50,52,54-58,60,62-66H2,1-2H3,(H,85,90)/b7-5-,13-11-,19-17-,24-23-,27-26-,30-29-,33-32-,45-43+,53-51+,61-59+. The number of hydrogen-bond donors (Lipinski definition) is 12. The number of aliphatic hydroxyl groups is 11. The van der Waals surface area contributed by atoms with Gasteiger partial charge in [0, 0.05) is 6.42 Å². The predicted molar refractivity (Wildman–Crippen MR) is 410 cm³/mol. The molecule has 17 unspecified atom stereocenters. The minimum atomic E-state index is -1.99. The molecule has 19 nitrogen and oxygen atoms in total. The van der Waals surface area contributed by atoms with E-state index in [0.29, 0.717) is 12.8 Å². The summed E-state index contributed by atoms with van der Waals surface area (Å²) in [5.74, 6) is -0.291. The third-order valence-corrected chi connectivity index (χ3v) is 19.2. The fraction of sp³-hybridized carbons (Fsp3) is 0.750. The van der Waals surface area contributed by atoms with Gasteiger partial charge in [-0.15, -0.1) is 0 Å². The molecule has 3 aliphatic rings. The smallest absolute Gasteiger partial charge is 0.220 e. The Kier molecular flexibility index (Phi) is 57.3. The van der Waals surface area contributed by atoms with Crippen LogP contribution in [0.3, 0.4) is 0 Å². The van der Waals surface area contributed by atoms with Gasteiger partial charge < -0.3 is 89.9 Å². The van der Waals surface area contributed by atoms with Gasteiger partial charge in [0.05, 0.1) is 38.6 Å². The first-order valence-corrected chi connectivity index (χ1v) is 40.3. The van der Waals surface area contributed by atoms with E-state index in [9.17, 15) is 61.0 Å². The Labute approximate surface area is 620 Å². The number of carbonyl (C=O) groups excluding carboxylic acids is 1. The van der Waals surface area contributed by atoms with Crippen LogP contribution in [0.4, 0.5) is 0 Å². The van der Waals surface area contributed by atoms with Crippen molar-refractivity contribution in [3.63, 3.8) is 0 Å². The van der Waals surface area contributed by atoms with Crippen molar-refractivity contribution in [3.05, 3.63) is 122 Å². The van der Waals surface area contributed by atoms with E-state index in [4.69, 9.17) is 28.4 Å². The van der Waals surface area contributed by atoms with E-state index < -0.39 is 124 Å². The van der Waals surface area contributed by atoms with Gasteiger partial charge in [0.25, 0.3) is 0 Å². The molecule has 3 saturated heterocycles. The molecule has 3 fully saturated rings. The number of carbonyl (C=O) groups is 1. The van der Waals surface area contributed by atoms with E-state index in [1.165, 1.54) is 148 Å². The molecule has 103 heavy (non-hydrogen) atoms. The van der Waals surface area contributed by atoms with Crippen LogP contribution >= 0.6 is 0 Å². The van der Waals surface area contributed by atoms with Crippen molar-refractivity contribution in [2.45, 2.75) is 375 Å². The number of aliphatic hydroxyl groups excluding tert-OH is 11. The summed E-state index contributed by atoms with van der Waals surface area (Å²) in [7, 11) is 0. The van der Waals surface area contributed by atoms with Gasteiger partial charge in [-0.05, 0) is 103 Å². The van der Waals surface area contributed by atoms with E-state index >= 15 is 0 Å². The lowest BCUT2D eigenvalue weighted by molar-refractivity contribution is -0.379. The van der Waals surface area contributed by atoms with Gasteiger partial charge in [-0.25, -0.2) is 0 Å². The number of hydrogen-bond acceptors (Lipinski definition) is 18. The maximum absolute atomic E-state index is 13.5. The summed E-state index contributed by atoms with van der Waals surface area (Å²) in [6, 6.07) is -1.00. The molecule has 592 valence electrons. The number of rotatable bonds is 62. The number of nitrogens with one attached hydrogen (secondary N) is 1. The van der Waals surface area contributed by atoms with E-state index in [1.54, 1.807) is 6.08 Å². The van der Waals surface area contributed by atoms with Gasteiger partial charge in [-0.2, -0.15) is 0 Å². The lowest BCUT2D eigenvalue weighted by atomic mass is 9.96. The van der Waals surface area contributed by atoms with Gasteiger partial charge in [-0.1, -0.05) is 283 Å². The van der Waals surface area contributed by atoms with Gasteiger partial charge in [0.15, 0.2) is 18.9 Å². The van der Waals surface area contributed by atoms with Crippen LogP contribution in [-0.2, 0) is 33.2 Å². The van der Waals surface area contributed by atoms with E-state index in [2.05, 4.69) is 129 Å². The normalized spacial score (nSPS) is 26.7. The third-order valence-electron chi connectivity index (χ3n) is 19.2. The Morgan fingerprint density at radius 1 is 0.359 bits per heavy atom. The summed E-state index contributed by atoms with van der Waals surface area (Å²) < 4.78 is 34.4. The maximum atomic E-state index is 13.5. The second-order valence-corrected chi connectivity index (χ2v) is 28.1. The quantitative estimate of drug-likeness (QED) is 0.0199. The van der Waals surface area contributed by atoms with Crippen LogP contribution < -0.4 is 5.32 Å². The molecule has 0 aromatic heterocycles. The van der Waals surface area contributed by atoms with Crippen molar-refractivity contribution < 1.29 is 89.4 Å². The number of ether oxygens (including phenoxy) is 6. The molecular weight excluding hydrogens is 1310 g/mol. The number of amides is 1. The number of allylic oxidation sites excluding steroid dienone is 19. The first-order chi connectivity index (χ1) is 50.3. The van der Waals surface area contributed by atoms with E-state index in [0.717, 1.165) is 89.9 Å². The van der Waals surface area contributed by atoms with Gasteiger partial charge in [-0.3, -0.25) is 4.79 Å². The average Bonchev–Trinajstić information content (AvgIpc) is 0.781. The molecule has 0 radical (unpaired) electrons. The second-order valence-electron chi connectivity index (χ2n) is 28.1. The van der Waals surface area contributed by atoms with Crippen LogP contribution in [0.1, 0.15) is 271 Å². The summed E-state index contributed by atoms with van der Waals surface area (Å²) >= 11 is 0. The lowest BCUT2D eigenvalue weighted by Gasteiger charge is -2.48. The first kappa shape index (κ1) is 93.4. The Morgan fingerprint density at radius 3 is 1.09 bits per heavy atom. The zero-order chi connectivity index (χ0) is 74.6. The molecule has 3 rings (SSSR count). The number of unbranched alkanes of at least 4 members (excludes halogenated alkanes) is 28. The zero-order valence-electron chi connectivity index (χ0n) is 63.3. The minimum absolute atomic E-state index is 0.227. The summed E-state index contributed by atoms with van der Waals surface area (Å²) in [6.45, 7) is 1.60. The Bertz CT molecular complexity index is 2330. The SMILES string of the molecule is CC/C=C\C/C=C\C/C=C\C/C=C\C/C=C\C/C=C\C/C=C\CCCCCCCCCCCCCCCCCCCC(=O)NC(COC1OC(CO)C(OC2OC(CO)C(OC3OC(CO)C(O)C(O)C3O)C(O)C2O)C(O)C1O)C(O)/C=C/CC/C=C/CC/C=C/CCCCCCCCCCC. The van der Waals surface area contributed by atoms with Crippen molar-refractivity contribution in [1.82, 2.24) is 5.32 Å². The molecule has 0 aromatic carbocycles. The molecule has 19 heteroatoms. The Balaban J connectivity index is 1.34. The monoisotopic (exact) mass is 1450 g/mol. The van der Waals surface area contributed by atoms with Crippen LogP contribution in [0.5, 0.6) is 0 Å². The second kappa shape index (κ2) is 63.2. The van der Waals surface area contributed by atoms with Crippen LogP contribution in [0.2, 0.25) is 0 Å². The summed E-state index contributed by atoms with van der Waals surface area (Å²) in [5, 5.41) is 121. The highest BCUT2D eigenvalue weighted by Crippen LogP contribution is 2.33. The largest absolute Gasteiger partial charge is 0.394 e. The van der Waals surface area contributed by atoms with Gasteiger partial charge in [0.1, 0.15) is 73.2 Å². The highest BCUT2D eigenvalue weighted by Gasteiger charge is 2.54. The van der Waals surface area contributed by atoms with Crippen molar-refractivity contribution in [1.29, 1.82) is 0 Å². The van der Waals surface area contributed by atoms with Crippen LogP contribution in [-0.4, -0.2) is 193 Å². The predicted octanol–water partition coefficient (Wildman–Crippen LogP) is 13.5. The summed E-state index contributed by atoms with van der Waals surface area (Å²) in [6.07, 6.45) is 61.9. The molecule has 0 saturated carbocycles. The molecule has 3 heterocycles. The van der Waals surface area contributed by atoms with Crippen molar-refractivity contribution >= 4 is 5.91 Å². The Morgan fingerprint density at radius 2 is 0.680 bits per heavy atom. The fourth-order valence-electron chi connectivity index (χ4n) is 12.8. The van der Waals surface area contributed by atoms with Crippen molar-refractivity contribution in [2.24, 2.45) is 0 Å². The molecule has 12 N–H and O–H groups in total. The zero-order valence-corrected chi connectivity index (χ0v) is 63.3. The van der Waals surface area contributed by atoms with Crippen molar-refractivity contribution in [3.8, 4) is 0 Å². The highest BCUT2D eigenvalue weighted by atomic mass is 16.8. The highest BCUT2D eigenvalue weighted by molar-refractivity contribution is 5.76. The molecule has 0 spiro atoms. The summed E-state index contributed by atoms with van der Waals surface area (Å²) in [5.41, 5.74) is 0. The first-order valence-electron chi connectivity index (χ1n) is 40.3.